The molecule has 0 aliphatic rings. The minimum atomic E-state index is -0.0272. The van der Waals surface area contributed by atoms with Crippen molar-refractivity contribution in [3.05, 3.63) is 29.0 Å². The molecule has 0 aliphatic carbocycles. The van der Waals surface area contributed by atoms with Gasteiger partial charge in [0.25, 0.3) is 0 Å². The first-order valence-corrected chi connectivity index (χ1v) is 4.62. The van der Waals surface area contributed by atoms with E-state index >= 15 is 0 Å². The van der Waals surface area contributed by atoms with Gasteiger partial charge in [-0.1, -0.05) is 0 Å². The summed E-state index contributed by atoms with van der Waals surface area (Å²) in [6.07, 6.45) is 1.73. The molecule has 0 radical (unpaired) electrons. The van der Waals surface area contributed by atoms with Crippen LogP contribution < -0.4 is 0 Å². The summed E-state index contributed by atoms with van der Waals surface area (Å²) in [7, 11) is 0. The third kappa shape index (κ3) is 1.37. The molecule has 2 rings (SSSR count). The van der Waals surface area contributed by atoms with Crippen molar-refractivity contribution in [1.29, 1.82) is 0 Å². The molecule has 0 bridgehead atoms. The molecule has 2 aromatic heterocycles. The second-order valence-corrected chi connectivity index (χ2v) is 3.56. The van der Waals surface area contributed by atoms with E-state index in [0.717, 1.165) is 9.99 Å². The van der Waals surface area contributed by atoms with Crippen molar-refractivity contribution in [3.8, 4) is 0 Å². The van der Waals surface area contributed by atoms with Gasteiger partial charge >= 0.3 is 0 Å². The van der Waals surface area contributed by atoms with Gasteiger partial charge in [-0.25, -0.2) is 4.98 Å². The second kappa shape index (κ2) is 2.96. The van der Waals surface area contributed by atoms with E-state index in [-0.39, 0.29) is 5.91 Å². The summed E-state index contributed by atoms with van der Waals surface area (Å²) in [5.41, 5.74) is 0.696. The number of pyridine rings is 1. The number of nitrogens with zero attached hydrogens (tertiary/aromatic N) is 2. The maximum atomic E-state index is 11.1. The maximum absolute atomic E-state index is 11.1. The van der Waals surface area contributed by atoms with E-state index in [9.17, 15) is 4.79 Å². The number of carbonyl (C=O) groups is 1. The summed E-state index contributed by atoms with van der Waals surface area (Å²) in [5, 5.41) is 0.971. The summed E-state index contributed by atoms with van der Waals surface area (Å²) in [6.45, 7) is 1.52. The van der Waals surface area contributed by atoms with Crippen LogP contribution in [0.1, 0.15) is 11.7 Å². The van der Waals surface area contributed by atoms with Crippen LogP contribution in [0, 0.1) is 0 Å². The van der Waals surface area contributed by atoms with E-state index in [0.29, 0.717) is 5.65 Å². The molecule has 0 fully saturated rings. The van der Waals surface area contributed by atoms with Crippen LogP contribution in [0.4, 0.5) is 0 Å². The molecule has 0 unspecified atom stereocenters. The topological polar surface area (TPSA) is 34.9 Å². The predicted octanol–water partition coefficient (Wildman–Crippen LogP) is 2.46. The molecule has 0 amide bonds. The lowest BCUT2D eigenvalue weighted by Crippen LogP contribution is -2.04. The van der Waals surface area contributed by atoms with Gasteiger partial charge in [-0.05, 0) is 34.1 Å². The van der Waals surface area contributed by atoms with Crippen LogP contribution in [0.2, 0.25) is 0 Å². The quantitative estimate of drug-likeness (QED) is 0.662. The molecular weight excluding hydrogens is 232 g/mol. The monoisotopic (exact) mass is 238 g/mol. The number of carbonyl (C=O) groups excluding carboxylic acids is 1. The Kier molecular flexibility index (Phi) is 1.92. The Labute approximate surface area is 83.5 Å². The second-order valence-electron chi connectivity index (χ2n) is 2.75. The van der Waals surface area contributed by atoms with Crippen LogP contribution >= 0.6 is 15.9 Å². The lowest BCUT2D eigenvalue weighted by molar-refractivity contribution is 0.0941. The molecule has 0 N–H and O–H groups in total. The minimum Gasteiger partial charge on any atom is -0.274 e. The van der Waals surface area contributed by atoms with Crippen LogP contribution in [0.25, 0.3) is 11.0 Å². The Morgan fingerprint density at radius 2 is 2.23 bits per heavy atom. The summed E-state index contributed by atoms with van der Waals surface area (Å²) in [6, 6.07) is 5.65. The van der Waals surface area contributed by atoms with Crippen molar-refractivity contribution < 1.29 is 4.79 Å². The third-order valence-electron chi connectivity index (χ3n) is 1.84. The number of hydrogen-bond donors (Lipinski definition) is 0. The molecule has 3 nitrogen and oxygen atoms in total. The molecule has 66 valence electrons. The SMILES string of the molecule is CC(=O)n1ccc2ccc(Br)nc21. The van der Waals surface area contributed by atoms with Gasteiger partial charge in [-0.2, -0.15) is 0 Å². The summed E-state index contributed by atoms with van der Waals surface area (Å²) < 4.78 is 2.27. The van der Waals surface area contributed by atoms with Crippen LogP contribution in [0.3, 0.4) is 0 Å². The van der Waals surface area contributed by atoms with E-state index in [4.69, 9.17) is 0 Å². The van der Waals surface area contributed by atoms with Gasteiger partial charge in [0.15, 0.2) is 0 Å². The summed E-state index contributed by atoms with van der Waals surface area (Å²) in [5.74, 6) is -0.0272. The lowest BCUT2D eigenvalue weighted by atomic mass is 10.3. The predicted molar refractivity (Wildman–Crippen MR) is 53.7 cm³/mol. The standard InChI is InChI=1S/C9H7BrN2O/c1-6(13)12-5-4-7-2-3-8(10)11-9(7)12/h2-5H,1H3. The highest BCUT2D eigenvalue weighted by molar-refractivity contribution is 9.10. The third-order valence-corrected chi connectivity index (χ3v) is 2.28. The molecule has 0 spiro atoms. The maximum Gasteiger partial charge on any atom is 0.229 e. The molecular formula is C9H7BrN2O. The zero-order valence-electron chi connectivity index (χ0n) is 6.99. The van der Waals surface area contributed by atoms with Gasteiger partial charge in [0.2, 0.25) is 5.91 Å². The molecule has 0 atom stereocenters. The zero-order valence-corrected chi connectivity index (χ0v) is 8.58. The first-order valence-electron chi connectivity index (χ1n) is 3.83. The number of rotatable bonds is 0. The fraction of sp³-hybridized carbons (Fsp3) is 0.111. The number of fused-ring (bicyclic) bond motifs is 1. The average Bonchev–Trinajstić information content (AvgIpc) is 2.46. The van der Waals surface area contributed by atoms with E-state index in [1.54, 1.807) is 6.20 Å². The number of aromatic nitrogens is 2. The molecule has 0 saturated carbocycles. The molecule has 0 aromatic carbocycles. The van der Waals surface area contributed by atoms with Gasteiger partial charge < -0.3 is 0 Å². The Bertz CT molecular complexity index is 475. The highest BCUT2D eigenvalue weighted by Crippen LogP contribution is 2.16. The lowest BCUT2D eigenvalue weighted by Gasteiger charge is -1.97. The molecule has 2 heterocycles. The van der Waals surface area contributed by atoms with Crippen molar-refractivity contribution in [1.82, 2.24) is 9.55 Å². The van der Waals surface area contributed by atoms with Gasteiger partial charge in [0.1, 0.15) is 10.3 Å². The summed E-state index contributed by atoms with van der Waals surface area (Å²) >= 11 is 3.26. The van der Waals surface area contributed by atoms with Gasteiger partial charge in [0, 0.05) is 18.5 Å². The Morgan fingerprint density at radius 1 is 1.46 bits per heavy atom. The van der Waals surface area contributed by atoms with Crippen molar-refractivity contribution in [2.45, 2.75) is 6.92 Å². The molecule has 13 heavy (non-hydrogen) atoms. The van der Waals surface area contributed by atoms with E-state index in [1.807, 2.05) is 18.2 Å². The van der Waals surface area contributed by atoms with E-state index in [2.05, 4.69) is 20.9 Å². The molecule has 0 saturated heterocycles. The smallest absolute Gasteiger partial charge is 0.229 e. The highest BCUT2D eigenvalue weighted by atomic mass is 79.9. The van der Waals surface area contributed by atoms with Crippen LogP contribution in [0.5, 0.6) is 0 Å². The molecule has 0 aliphatic heterocycles. The Hall–Kier alpha value is -1.16. The number of hydrogen-bond acceptors (Lipinski definition) is 2. The number of halogens is 1. The first kappa shape index (κ1) is 8.44. The molecule has 4 heteroatoms. The fourth-order valence-electron chi connectivity index (χ4n) is 1.24. The van der Waals surface area contributed by atoms with Crippen LogP contribution in [-0.4, -0.2) is 15.5 Å². The van der Waals surface area contributed by atoms with Gasteiger partial charge in [-0.15, -0.1) is 0 Å². The van der Waals surface area contributed by atoms with Gasteiger partial charge in [-0.3, -0.25) is 9.36 Å². The highest BCUT2D eigenvalue weighted by Gasteiger charge is 2.05. The van der Waals surface area contributed by atoms with Crippen molar-refractivity contribution in [3.63, 3.8) is 0 Å². The normalized spacial score (nSPS) is 10.6. The van der Waals surface area contributed by atoms with Gasteiger partial charge in [0.05, 0.1) is 0 Å². The van der Waals surface area contributed by atoms with E-state index in [1.165, 1.54) is 11.5 Å². The average molecular weight is 239 g/mol. The zero-order chi connectivity index (χ0) is 9.42. The fourth-order valence-corrected chi connectivity index (χ4v) is 1.54. The Morgan fingerprint density at radius 3 is 2.92 bits per heavy atom. The van der Waals surface area contributed by atoms with Crippen molar-refractivity contribution in [2.24, 2.45) is 0 Å². The van der Waals surface area contributed by atoms with Crippen molar-refractivity contribution >= 4 is 32.9 Å². The van der Waals surface area contributed by atoms with E-state index < -0.39 is 0 Å². The minimum absolute atomic E-state index is 0.0272. The van der Waals surface area contributed by atoms with Crippen LogP contribution in [-0.2, 0) is 0 Å². The largest absolute Gasteiger partial charge is 0.274 e. The summed E-state index contributed by atoms with van der Waals surface area (Å²) in [4.78, 5) is 15.4. The first-order chi connectivity index (χ1) is 6.18. The molecule has 2 aromatic rings. The Balaban J connectivity index is 2.79. The van der Waals surface area contributed by atoms with Crippen LogP contribution in [0.15, 0.2) is 29.0 Å². The van der Waals surface area contributed by atoms with Crippen molar-refractivity contribution in [2.75, 3.05) is 0 Å².